The summed E-state index contributed by atoms with van der Waals surface area (Å²) in [6.07, 6.45) is 2.81. The van der Waals surface area contributed by atoms with Crippen LogP contribution in [0.5, 0.6) is 0 Å². The van der Waals surface area contributed by atoms with Gasteiger partial charge in [0, 0.05) is 6.42 Å². The summed E-state index contributed by atoms with van der Waals surface area (Å²) in [4.78, 5) is 0. The van der Waals surface area contributed by atoms with E-state index in [1.807, 2.05) is 13.3 Å². The second-order valence-electron chi connectivity index (χ2n) is 0.530. The highest BCUT2D eigenvalue weighted by Crippen LogP contribution is 1.58. The van der Waals surface area contributed by atoms with Crippen LogP contribution in [0.15, 0.2) is 0 Å². The summed E-state index contributed by atoms with van der Waals surface area (Å²) >= 11 is 0. The minimum atomic E-state index is 0.795. The molecule has 0 unspecified atom stereocenters. The van der Waals surface area contributed by atoms with E-state index in [1.54, 1.807) is 0 Å². The van der Waals surface area contributed by atoms with Crippen molar-refractivity contribution in [3.63, 3.8) is 0 Å². The van der Waals surface area contributed by atoms with Crippen molar-refractivity contribution in [2.45, 2.75) is 13.3 Å². The van der Waals surface area contributed by atoms with Crippen LogP contribution in [0.1, 0.15) is 14.7 Å². The predicted octanol–water partition coefficient (Wildman–Crippen LogP) is 1.03. The Kier molecular flexibility index (Phi) is 1.18. The average molecular weight is 55.1 g/mol. The van der Waals surface area contributed by atoms with Gasteiger partial charge < -0.3 is 0 Å². The zero-order valence-corrected chi connectivity index (χ0v) is 2.71. The van der Waals surface area contributed by atoms with Crippen LogP contribution < -0.4 is 0 Å². The van der Waals surface area contributed by atoms with Crippen LogP contribution in [0.4, 0.5) is 0 Å². The van der Waals surface area contributed by atoms with Crippen LogP contribution in [-0.4, -0.2) is 0 Å². The number of hydrogen-bond acceptors (Lipinski definition) is 0. The molecule has 0 aromatic carbocycles. The summed E-state index contributed by atoms with van der Waals surface area (Å²) in [5, 5.41) is 0. The van der Waals surface area contributed by atoms with Gasteiger partial charge in [-0.15, -0.1) is 12.3 Å². The van der Waals surface area contributed by atoms with E-state index in [4.69, 9.17) is 1.37 Å². The SMILES string of the molecule is [2H]C#CCC. The summed E-state index contributed by atoms with van der Waals surface area (Å²) in [6.45, 7) is 1.92. The molecule has 0 N–H and O–H groups in total. The number of terminal acetylenes is 1. The monoisotopic (exact) mass is 55.1 g/mol. The van der Waals surface area contributed by atoms with E-state index in [9.17, 15) is 0 Å². The first kappa shape index (κ1) is 1.84. The van der Waals surface area contributed by atoms with Crippen molar-refractivity contribution in [3.8, 4) is 12.3 Å². The molecule has 0 saturated carbocycles. The third-order valence-electron chi connectivity index (χ3n) is 0.177. The summed E-state index contributed by atoms with van der Waals surface area (Å²) in [5.41, 5.74) is 0. The molecule has 4 heavy (non-hydrogen) atoms. The van der Waals surface area contributed by atoms with E-state index >= 15 is 0 Å². The summed E-state index contributed by atoms with van der Waals surface area (Å²) in [6, 6.07) is 0. The first-order valence-corrected chi connectivity index (χ1v) is 1.31. The van der Waals surface area contributed by atoms with Gasteiger partial charge in [0.25, 0.3) is 0 Å². The molecule has 0 heterocycles. The first-order chi connectivity index (χ1) is 2.41. The van der Waals surface area contributed by atoms with Gasteiger partial charge in [-0.1, -0.05) is 6.92 Å². The molecule has 0 aliphatic rings. The molecule has 0 aromatic heterocycles. The molecule has 0 spiro atoms. The standard InChI is InChI=1S/C4H6/c1-3-4-2/h1H,4H2,2H3/i1D. The van der Waals surface area contributed by atoms with E-state index in [1.165, 1.54) is 0 Å². The van der Waals surface area contributed by atoms with Crippen LogP contribution in [0.2, 0.25) is 0 Å². The first-order valence-electron chi connectivity index (χ1n) is 1.81. The molecule has 0 radical (unpaired) electrons. The smallest absolute Gasteiger partial charge is 0.120 e. The molecule has 0 rings (SSSR count). The van der Waals surface area contributed by atoms with Crippen LogP contribution in [0, 0.1) is 12.3 Å². The molecule has 0 aliphatic heterocycles. The van der Waals surface area contributed by atoms with E-state index in [0.29, 0.717) is 0 Å². The van der Waals surface area contributed by atoms with E-state index in [0.717, 1.165) is 6.42 Å². The van der Waals surface area contributed by atoms with Gasteiger partial charge in [-0.2, -0.15) is 0 Å². The van der Waals surface area contributed by atoms with Gasteiger partial charge in [0.15, 0.2) is 0 Å². The van der Waals surface area contributed by atoms with Gasteiger partial charge in [0.05, 0.1) is 0 Å². The molecule has 0 fully saturated rings. The maximum absolute atomic E-state index is 6.24. The van der Waals surface area contributed by atoms with Crippen LogP contribution in [0.25, 0.3) is 0 Å². The van der Waals surface area contributed by atoms with Crippen molar-refractivity contribution in [3.05, 3.63) is 0 Å². The molecule has 0 heteroatoms. The molecule has 0 amide bonds. The molecule has 0 aromatic rings. The molecule has 22 valence electrons. The Morgan fingerprint density at radius 3 is 3.25 bits per heavy atom. The second kappa shape index (κ2) is 2.56. The normalized spacial score (nSPS) is 6.75. The lowest BCUT2D eigenvalue weighted by atomic mass is 10.5. The maximum Gasteiger partial charge on any atom is 0.124 e. The highest BCUT2D eigenvalue weighted by molar-refractivity contribution is 4.80. The largest absolute Gasteiger partial charge is 0.124 e. The fraction of sp³-hybridized carbons (Fsp3) is 0.500. The fourth-order valence-electron chi connectivity index (χ4n) is 0. The van der Waals surface area contributed by atoms with Crippen molar-refractivity contribution < 1.29 is 1.37 Å². The van der Waals surface area contributed by atoms with Crippen molar-refractivity contribution in [2.24, 2.45) is 0 Å². The van der Waals surface area contributed by atoms with Crippen LogP contribution >= 0.6 is 0 Å². The average Bonchev–Trinajstić information content (AvgIpc) is 1.41. The van der Waals surface area contributed by atoms with Gasteiger partial charge in [-0.05, 0) is 0 Å². The van der Waals surface area contributed by atoms with Gasteiger partial charge in [-0.25, -0.2) is 0 Å². The minimum Gasteiger partial charge on any atom is -0.120 e. The van der Waals surface area contributed by atoms with Gasteiger partial charge in [0.1, 0.15) is 1.37 Å². The van der Waals surface area contributed by atoms with Crippen molar-refractivity contribution in [2.75, 3.05) is 0 Å². The zero-order valence-electron chi connectivity index (χ0n) is 3.71. The Hall–Kier alpha value is -0.440. The fourth-order valence-corrected chi connectivity index (χ4v) is 0. The number of hydrogen-bond donors (Lipinski definition) is 0. The Labute approximate surface area is 28.2 Å². The quantitative estimate of drug-likeness (QED) is 0.363. The molecular formula is C4H6. The second-order valence-corrected chi connectivity index (χ2v) is 0.530. The Morgan fingerprint density at radius 1 is 2.50 bits per heavy atom. The molecule has 0 saturated heterocycles. The highest BCUT2D eigenvalue weighted by atomic mass is 13.5. The van der Waals surface area contributed by atoms with E-state index in [2.05, 4.69) is 5.92 Å². The predicted molar refractivity (Wildman–Crippen MR) is 19.1 cm³/mol. The van der Waals surface area contributed by atoms with Crippen molar-refractivity contribution in [1.82, 2.24) is 0 Å². The Bertz CT molecular complexity index is 55.8. The summed E-state index contributed by atoms with van der Waals surface area (Å²) in [5.74, 6) is 2.53. The molecular weight excluding hydrogens is 48.0 g/mol. The molecule has 0 nitrogen and oxygen atoms in total. The Morgan fingerprint density at radius 2 is 3.25 bits per heavy atom. The molecule has 0 bridgehead atoms. The van der Waals surface area contributed by atoms with Gasteiger partial charge in [-0.3, -0.25) is 0 Å². The lowest BCUT2D eigenvalue weighted by molar-refractivity contribution is 1.28. The highest BCUT2D eigenvalue weighted by Gasteiger charge is 1.43. The van der Waals surface area contributed by atoms with Crippen LogP contribution in [-0.2, 0) is 0 Å². The molecule has 0 aliphatic carbocycles. The lowest BCUT2D eigenvalue weighted by Gasteiger charge is -1.52. The number of rotatable bonds is 0. The van der Waals surface area contributed by atoms with Crippen molar-refractivity contribution in [1.29, 1.82) is 0 Å². The Balaban J connectivity index is 2.81. The topological polar surface area (TPSA) is 0 Å². The molecule has 0 atom stereocenters. The third kappa shape index (κ3) is 1.56. The van der Waals surface area contributed by atoms with E-state index in [-0.39, 0.29) is 0 Å². The van der Waals surface area contributed by atoms with E-state index < -0.39 is 0 Å². The van der Waals surface area contributed by atoms with Gasteiger partial charge in [0.2, 0.25) is 0 Å². The zero-order chi connectivity index (χ0) is 4.12. The lowest BCUT2D eigenvalue weighted by Crippen LogP contribution is -1.38. The third-order valence-corrected chi connectivity index (χ3v) is 0.177. The van der Waals surface area contributed by atoms with Crippen molar-refractivity contribution >= 4 is 0 Å². The summed E-state index contributed by atoms with van der Waals surface area (Å²) in [7, 11) is 0. The van der Waals surface area contributed by atoms with Gasteiger partial charge >= 0.3 is 0 Å². The van der Waals surface area contributed by atoms with Crippen LogP contribution in [0.3, 0.4) is 0 Å². The maximum atomic E-state index is 6.24. The minimum absolute atomic E-state index is 0.795. The summed E-state index contributed by atoms with van der Waals surface area (Å²) < 4.78 is 6.24.